The van der Waals surface area contributed by atoms with Crippen molar-refractivity contribution in [2.75, 3.05) is 6.54 Å². The van der Waals surface area contributed by atoms with Crippen LogP contribution in [-0.2, 0) is 4.79 Å². The monoisotopic (exact) mass is 200 g/mol. The van der Waals surface area contributed by atoms with Gasteiger partial charge in [-0.3, -0.25) is 4.79 Å². The molecule has 0 saturated carbocycles. The molecule has 0 heterocycles. The van der Waals surface area contributed by atoms with Gasteiger partial charge in [-0.2, -0.15) is 0 Å². The summed E-state index contributed by atoms with van der Waals surface area (Å²) in [5.74, 6) is 0.989. The zero-order valence-corrected chi connectivity index (χ0v) is 9.84. The average molecular weight is 200 g/mol. The number of nitrogens with one attached hydrogen (secondary N) is 1. The molecule has 0 spiro atoms. The lowest BCUT2D eigenvalue weighted by molar-refractivity contribution is -0.122. The molecule has 0 aromatic rings. The van der Waals surface area contributed by atoms with Gasteiger partial charge in [0.2, 0.25) is 5.91 Å². The Hall–Kier alpha value is -0.570. The first-order chi connectivity index (χ1) is 6.47. The number of nitrogens with two attached hydrogens (primary N) is 1. The van der Waals surface area contributed by atoms with Gasteiger partial charge in [-0.05, 0) is 18.3 Å². The van der Waals surface area contributed by atoms with E-state index in [0.717, 1.165) is 19.4 Å². The van der Waals surface area contributed by atoms with Gasteiger partial charge in [0.1, 0.15) is 0 Å². The summed E-state index contributed by atoms with van der Waals surface area (Å²) in [4.78, 5) is 11.5. The van der Waals surface area contributed by atoms with Crippen LogP contribution in [0.15, 0.2) is 0 Å². The van der Waals surface area contributed by atoms with Crippen LogP contribution in [0.1, 0.15) is 40.5 Å². The molecule has 0 aliphatic rings. The van der Waals surface area contributed by atoms with Crippen molar-refractivity contribution in [3.63, 3.8) is 0 Å². The minimum atomic E-state index is -0.348. The molecule has 0 radical (unpaired) electrons. The fourth-order valence-corrected chi connectivity index (χ4v) is 1.17. The largest absolute Gasteiger partial charge is 0.354 e. The third-order valence-electron chi connectivity index (χ3n) is 2.38. The van der Waals surface area contributed by atoms with E-state index in [4.69, 9.17) is 5.73 Å². The summed E-state index contributed by atoms with van der Waals surface area (Å²) in [7, 11) is 0. The van der Waals surface area contributed by atoms with Crippen LogP contribution in [0.25, 0.3) is 0 Å². The van der Waals surface area contributed by atoms with Crippen molar-refractivity contribution in [2.24, 2.45) is 17.6 Å². The molecule has 84 valence electrons. The minimum Gasteiger partial charge on any atom is -0.354 e. The van der Waals surface area contributed by atoms with Crippen molar-refractivity contribution in [3.05, 3.63) is 0 Å². The molecule has 0 aliphatic heterocycles. The maximum absolute atomic E-state index is 11.5. The fourth-order valence-electron chi connectivity index (χ4n) is 1.17. The van der Waals surface area contributed by atoms with Crippen molar-refractivity contribution in [3.8, 4) is 0 Å². The smallest absolute Gasteiger partial charge is 0.236 e. The van der Waals surface area contributed by atoms with E-state index in [-0.39, 0.29) is 11.9 Å². The molecule has 3 nitrogen and oxygen atoms in total. The predicted molar refractivity (Wildman–Crippen MR) is 59.9 cm³/mol. The molecule has 3 N–H and O–H groups in total. The van der Waals surface area contributed by atoms with Crippen LogP contribution < -0.4 is 11.1 Å². The van der Waals surface area contributed by atoms with Crippen LogP contribution in [-0.4, -0.2) is 18.5 Å². The maximum Gasteiger partial charge on any atom is 0.236 e. The molecule has 3 heteroatoms. The first kappa shape index (κ1) is 13.4. The quantitative estimate of drug-likeness (QED) is 0.683. The molecule has 0 saturated heterocycles. The van der Waals surface area contributed by atoms with Crippen molar-refractivity contribution in [1.82, 2.24) is 5.32 Å². The van der Waals surface area contributed by atoms with E-state index in [1.165, 1.54) is 0 Å². The highest BCUT2D eigenvalue weighted by Crippen LogP contribution is 2.03. The number of hydrogen-bond acceptors (Lipinski definition) is 2. The standard InChI is InChI=1S/C11H24N2O/c1-5-9(4)7-13-11(14)10(12)6-8(2)3/h8-10H,5-7,12H2,1-4H3,(H,13,14)/t9-,10-/m1/s1. The summed E-state index contributed by atoms with van der Waals surface area (Å²) in [5.41, 5.74) is 5.73. The van der Waals surface area contributed by atoms with Crippen molar-refractivity contribution in [1.29, 1.82) is 0 Å². The molecular weight excluding hydrogens is 176 g/mol. The molecule has 0 unspecified atom stereocenters. The van der Waals surface area contributed by atoms with Crippen LogP contribution in [0.2, 0.25) is 0 Å². The first-order valence-electron chi connectivity index (χ1n) is 5.50. The Morgan fingerprint density at radius 1 is 1.36 bits per heavy atom. The number of rotatable bonds is 6. The van der Waals surface area contributed by atoms with Crippen LogP contribution in [0.5, 0.6) is 0 Å². The average Bonchev–Trinajstić information content (AvgIpc) is 2.12. The summed E-state index contributed by atoms with van der Waals surface area (Å²) < 4.78 is 0. The van der Waals surface area contributed by atoms with Gasteiger partial charge in [-0.25, -0.2) is 0 Å². The van der Waals surface area contributed by atoms with Crippen LogP contribution in [0, 0.1) is 11.8 Å². The van der Waals surface area contributed by atoms with Crippen LogP contribution >= 0.6 is 0 Å². The Bertz CT molecular complexity index is 169. The Balaban J connectivity index is 3.73. The Morgan fingerprint density at radius 3 is 2.36 bits per heavy atom. The van der Waals surface area contributed by atoms with E-state index < -0.39 is 0 Å². The predicted octanol–water partition coefficient (Wildman–Crippen LogP) is 1.52. The molecule has 14 heavy (non-hydrogen) atoms. The number of carbonyl (C=O) groups is 1. The lowest BCUT2D eigenvalue weighted by atomic mass is 10.0. The van der Waals surface area contributed by atoms with Gasteiger partial charge in [-0.15, -0.1) is 0 Å². The summed E-state index contributed by atoms with van der Waals surface area (Å²) >= 11 is 0. The highest BCUT2D eigenvalue weighted by Gasteiger charge is 2.14. The third-order valence-corrected chi connectivity index (χ3v) is 2.38. The summed E-state index contributed by atoms with van der Waals surface area (Å²) in [6, 6.07) is -0.348. The van der Waals surface area contributed by atoms with Crippen molar-refractivity contribution >= 4 is 5.91 Å². The lowest BCUT2D eigenvalue weighted by Gasteiger charge is -2.16. The SMILES string of the molecule is CC[C@@H](C)CNC(=O)[C@H](N)CC(C)C. The first-order valence-corrected chi connectivity index (χ1v) is 5.50. The number of carbonyl (C=O) groups excluding carboxylic acids is 1. The van der Waals surface area contributed by atoms with E-state index in [9.17, 15) is 4.79 Å². The van der Waals surface area contributed by atoms with Gasteiger partial charge in [0.05, 0.1) is 6.04 Å². The molecule has 2 atom stereocenters. The van der Waals surface area contributed by atoms with Gasteiger partial charge >= 0.3 is 0 Å². The molecule has 0 bridgehead atoms. The normalized spacial score (nSPS) is 15.3. The van der Waals surface area contributed by atoms with Gasteiger partial charge in [0, 0.05) is 6.54 Å². The summed E-state index contributed by atoms with van der Waals surface area (Å²) in [6.07, 6.45) is 1.84. The summed E-state index contributed by atoms with van der Waals surface area (Å²) in [6.45, 7) is 9.11. The van der Waals surface area contributed by atoms with Crippen molar-refractivity contribution < 1.29 is 4.79 Å². The second-order valence-electron chi connectivity index (χ2n) is 4.49. The molecule has 0 rings (SSSR count). The van der Waals surface area contributed by atoms with Crippen LogP contribution in [0.3, 0.4) is 0 Å². The molecular formula is C11H24N2O. The van der Waals surface area contributed by atoms with Gasteiger partial charge in [0.15, 0.2) is 0 Å². The maximum atomic E-state index is 11.5. The second kappa shape index (κ2) is 6.82. The Kier molecular flexibility index (Phi) is 6.54. The zero-order chi connectivity index (χ0) is 11.1. The lowest BCUT2D eigenvalue weighted by Crippen LogP contribution is -2.42. The van der Waals surface area contributed by atoms with Crippen LogP contribution in [0.4, 0.5) is 0 Å². The van der Waals surface area contributed by atoms with Gasteiger partial charge in [-0.1, -0.05) is 34.1 Å². The highest BCUT2D eigenvalue weighted by molar-refractivity contribution is 5.81. The van der Waals surface area contributed by atoms with E-state index >= 15 is 0 Å². The number of amides is 1. The molecule has 1 amide bonds. The Labute approximate surface area is 87.4 Å². The highest BCUT2D eigenvalue weighted by atomic mass is 16.2. The minimum absolute atomic E-state index is 0.0148. The second-order valence-corrected chi connectivity index (χ2v) is 4.49. The number of hydrogen-bond donors (Lipinski definition) is 2. The zero-order valence-electron chi connectivity index (χ0n) is 9.84. The summed E-state index contributed by atoms with van der Waals surface area (Å²) in [5, 5.41) is 2.87. The van der Waals surface area contributed by atoms with E-state index in [1.54, 1.807) is 0 Å². The van der Waals surface area contributed by atoms with E-state index in [0.29, 0.717) is 11.8 Å². The topological polar surface area (TPSA) is 55.1 Å². The van der Waals surface area contributed by atoms with Crippen molar-refractivity contribution in [2.45, 2.75) is 46.6 Å². The van der Waals surface area contributed by atoms with Gasteiger partial charge < -0.3 is 11.1 Å². The molecule has 0 aromatic heterocycles. The molecule has 0 fully saturated rings. The van der Waals surface area contributed by atoms with E-state index in [2.05, 4.69) is 33.0 Å². The fraction of sp³-hybridized carbons (Fsp3) is 0.909. The van der Waals surface area contributed by atoms with E-state index in [1.807, 2.05) is 0 Å². The Morgan fingerprint density at radius 2 is 1.93 bits per heavy atom. The third kappa shape index (κ3) is 5.97. The molecule has 0 aliphatic carbocycles. The van der Waals surface area contributed by atoms with Gasteiger partial charge in [0.25, 0.3) is 0 Å². The molecule has 0 aromatic carbocycles.